The van der Waals surface area contributed by atoms with Gasteiger partial charge in [0.05, 0.1) is 0 Å². The number of hydrogen-bond acceptors (Lipinski definition) is 3. The van der Waals surface area contributed by atoms with Gasteiger partial charge in [-0.15, -0.1) is 0 Å². The molecule has 0 unspecified atom stereocenters. The van der Waals surface area contributed by atoms with Crippen molar-refractivity contribution < 1.29 is 9.59 Å². The molecule has 0 saturated carbocycles. The predicted octanol–water partition coefficient (Wildman–Crippen LogP) is 0.749. The highest BCUT2D eigenvalue weighted by Crippen LogP contribution is 2.15. The second kappa shape index (κ2) is 8.15. The van der Waals surface area contributed by atoms with E-state index in [-0.39, 0.29) is 0 Å². The molecule has 0 aromatic carbocycles. The van der Waals surface area contributed by atoms with E-state index < -0.39 is 11.8 Å². The van der Waals surface area contributed by atoms with Crippen LogP contribution in [0.2, 0.25) is 0 Å². The number of likely N-dealkylation sites (N-methyl/N-ethyl adjacent to an activating group) is 1. The average Bonchev–Trinajstić information content (AvgIpc) is 2.82. The van der Waals surface area contributed by atoms with Crippen LogP contribution in [-0.2, 0) is 9.59 Å². The number of hydrogen-bond donors (Lipinski definition) is 2. The Morgan fingerprint density at radius 2 is 1.95 bits per heavy atom. The summed E-state index contributed by atoms with van der Waals surface area (Å²) >= 11 is 0. The minimum atomic E-state index is -0.512. The van der Waals surface area contributed by atoms with Crippen molar-refractivity contribution in [2.24, 2.45) is 5.92 Å². The van der Waals surface area contributed by atoms with Gasteiger partial charge in [-0.25, -0.2) is 0 Å². The molecule has 1 rings (SSSR count). The highest BCUT2D eigenvalue weighted by molar-refractivity contribution is 6.35. The van der Waals surface area contributed by atoms with Crippen LogP contribution in [0.15, 0.2) is 0 Å². The lowest BCUT2D eigenvalue weighted by Gasteiger charge is -2.22. The topological polar surface area (TPSA) is 61.4 Å². The maximum Gasteiger partial charge on any atom is 0.309 e. The summed E-state index contributed by atoms with van der Waals surface area (Å²) in [6, 6.07) is 0.386. The molecule has 1 aliphatic heterocycles. The zero-order valence-electron chi connectivity index (χ0n) is 12.4. The summed E-state index contributed by atoms with van der Waals surface area (Å²) in [7, 11) is 0. The van der Waals surface area contributed by atoms with Crippen LogP contribution < -0.4 is 10.6 Å². The third-order valence-corrected chi connectivity index (χ3v) is 3.62. The zero-order valence-corrected chi connectivity index (χ0v) is 12.4. The van der Waals surface area contributed by atoms with Crippen molar-refractivity contribution in [1.82, 2.24) is 15.5 Å². The summed E-state index contributed by atoms with van der Waals surface area (Å²) in [4.78, 5) is 25.5. The van der Waals surface area contributed by atoms with Gasteiger partial charge in [0.25, 0.3) is 0 Å². The normalized spacial score (nSPS) is 19.7. The lowest BCUT2D eigenvalue weighted by molar-refractivity contribution is -0.139. The summed E-state index contributed by atoms with van der Waals surface area (Å²) in [5, 5.41) is 5.38. The van der Waals surface area contributed by atoms with Crippen molar-refractivity contribution in [3.8, 4) is 0 Å². The van der Waals surface area contributed by atoms with Crippen molar-refractivity contribution in [3.05, 3.63) is 0 Å². The number of likely N-dealkylation sites (tertiary alicyclic amines) is 1. The fraction of sp³-hybridized carbons (Fsp3) is 0.857. The number of carbonyl (C=O) groups excluding carboxylic acids is 2. The maximum absolute atomic E-state index is 11.6. The number of nitrogens with one attached hydrogen (secondary N) is 2. The Labute approximate surface area is 116 Å². The summed E-state index contributed by atoms with van der Waals surface area (Å²) < 4.78 is 0. The van der Waals surface area contributed by atoms with E-state index in [1.807, 2.05) is 0 Å². The molecule has 0 radical (unpaired) electrons. The molecule has 1 fully saturated rings. The highest BCUT2D eigenvalue weighted by atomic mass is 16.2. The molecule has 1 saturated heterocycles. The van der Waals surface area contributed by atoms with E-state index in [0.717, 1.165) is 25.9 Å². The Morgan fingerprint density at radius 3 is 2.58 bits per heavy atom. The van der Waals surface area contributed by atoms with Gasteiger partial charge in [-0.1, -0.05) is 20.8 Å². The molecule has 0 aliphatic carbocycles. The third-order valence-electron chi connectivity index (χ3n) is 3.62. The molecule has 19 heavy (non-hydrogen) atoms. The van der Waals surface area contributed by atoms with Crippen LogP contribution in [0.3, 0.4) is 0 Å². The van der Waals surface area contributed by atoms with E-state index in [1.165, 1.54) is 6.42 Å². The van der Waals surface area contributed by atoms with Crippen molar-refractivity contribution in [3.63, 3.8) is 0 Å². The van der Waals surface area contributed by atoms with E-state index in [1.54, 1.807) is 0 Å². The van der Waals surface area contributed by atoms with Crippen LogP contribution in [0.1, 0.15) is 40.0 Å². The smallest absolute Gasteiger partial charge is 0.309 e. The monoisotopic (exact) mass is 269 g/mol. The second-order valence-corrected chi connectivity index (χ2v) is 5.57. The fourth-order valence-electron chi connectivity index (χ4n) is 2.39. The first-order valence-electron chi connectivity index (χ1n) is 7.34. The van der Waals surface area contributed by atoms with Crippen molar-refractivity contribution >= 4 is 11.8 Å². The molecule has 0 bridgehead atoms. The zero-order chi connectivity index (χ0) is 14.3. The minimum Gasteiger partial charge on any atom is -0.348 e. The Hall–Kier alpha value is -1.10. The first-order chi connectivity index (χ1) is 9.04. The summed E-state index contributed by atoms with van der Waals surface area (Å²) in [6.07, 6.45) is 3.17. The van der Waals surface area contributed by atoms with Gasteiger partial charge in [0.2, 0.25) is 0 Å². The van der Waals surface area contributed by atoms with Crippen LogP contribution >= 0.6 is 0 Å². The molecular formula is C14H27N3O2. The van der Waals surface area contributed by atoms with E-state index in [9.17, 15) is 9.59 Å². The second-order valence-electron chi connectivity index (χ2n) is 5.57. The van der Waals surface area contributed by atoms with Gasteiger partial charge in [0.1, 0.15) is 0 Å². The van der Waals surface area contributed by atoms with Crippen LogP contribution in [0.4, 0.5) is 0 Å². The van der Waals surface area contributed by atoms with E-state index in [4.69, 9.17) is 0 Å². The van der Waals surface area contributed by atoms with Crippen molar-refractivity contribution in [2.45, 2.75) is 46.1 Å². The Balaban J connectivity index is 2.21. The highest BCUT2D eigenvalue weighted by Gasteiger charge is 2.24. The standard InChI is InChI=1S/C14H27N3O2/c1-4-17-9-5-6-12(17)10-16-14(19)13(18)15-8-7-11(2)3/h11-12H,4-10H2,1-3H3,(H,15,18)(H,16,19)/t12-/m0/s1. The molecular weight excluding hydrogens is 242 g/mol. The van der Waals surface area contributed by atoms with Gasteiger partial charge in [0, 0.05) is 19.1 Å². The van der Waals surface area contributed by atoms with Crippen LogP contribution in [0.25, 0.3) is 0 Å². The minimum absolute atomic E-state index is 0.386. The summed E-state index contributed by atoms with van der Waals surface area (Å²) in [6.45, 7) is 9.54. The SMILES string of the molecule is CCN1CCC[C@H]1CNC(=O)C(=O)NCCC(C)C. The Kier molecular flexibility index (Phi) is 6.84. The molecule has 1 aliphatic rings. The van der Waals surface area contributed by atoms with Gasteiger partial charge in [-0.3, -0.25) is 14.5 Å². The van der Waals surface area contributed by atoms with Crippen molar-refractivity contribution in [2.75, 3.05) is 26.2 Å². The molecule has 2 amide bonds. The first kappa shape index (κ1) is 16.0. The first-order valence-corrected chi connectivity index (χ1v) is 7.34. The molecule has 1 heterocycles. The van der Waals surface area contributed by atoms with E-state index >= 15 is 0 Å². The molecule has 0 aromatic heterocycles. The average molecular weight is 269 g/mol. The maximum atomic E-state index is 11.6. The van der Waals surface area contributed by atoms with Gasteiger partial charge in [0.15, 0.2) is 0 Å². The van der Waals surface area contributed by atoms with Crippen LogP contribution in [0.5, 0.6) is 0 Å². The lowest BCUT2D eigenvalue weighted by atomic mass is 10.1. The molecule has 1 atom stereocenters. The quantitative estimate of drug-likeness (QED) is 0.700. The van der Waals surface area contributed by atoms with Gasteiger partial charge in [-0.05, 0) is 38.3 Å². The number of nitrogens with zero attached hydrogens (tertiary/aromatic N) is 1. The van der Waals surface area contributed by atoms with E-state index in [2.05, 4.69) is 36.3 Å². The Morgan fingerprint density at radius 1 is 1.26 bits per heavy atom. The number of carbonyl (C=O) groups is 2. The van der Waals surface area contributed by atoms with Gasteiger partial charge >= 0.3 is 11.8 Å². The molecule has 110 valence electrons. The number of rotatable bonds is 6. The van der Waals surface area contributed by atoms with Crippen LogP contribution in [-0.4, -0.2) is 48.9 Å². The van der Waals surface area contributed by atoms with Crippen LogP contribution in [0, 0.1) is 5.92 Å². The molecule has 2 N–H and O–H groups in total. The largest absolute Gasteiger partial charge is 0.348 e. The fourth-order valence-corrected chi connectivity index (χ4v) is 2.39. The molecule has 0 spiro atoms. The lowest BCUT2D eigenvalue weighted by Crippen LogP contribution is -2.45. The van der Waals surface area contributed by atoms with E-state index in [0.29, 0.717) is 25.0 Å². The summed E-state index contributed by atoms with van der Waals surface area (Å²) in [5.41, 5.74) is 0. The van der Waals surface area contributed by atoms with Gasteiger partial charge < -0.3 is 10.6 Å². The molecule has 0 aromatic rings. The van der Waals surface area contributed by atoms with Gasteiger partial charge in [-0.2, -0.15) is 0 Å². The molecule has 5 heteroatoms. The molecule has 5 nitrogen and oxygen atoms in total. The predicted molar refractivity (Wildman–Crippen MR) is 75.7 cm³/mol. The summed E-state index contributed by atoms with van der Waals surface area (Å²) in [5.74, 6) is -0.492. The Bertz CT molecular complexity index is 305. The number of amides is 2. The van der Waals surface area contributed by atoms with Crippen molar-refractivity contribution in [1.29, 1.82) is 0 Å². The third kappa shape index (κ3) is 5.59.